The molecule has 0 aliphatic carbocycles. The molecule has 0 radical (unpaired) electrons. The van der Waals surface area contributed by atoms with E-state index in [4.69, 9.17) is 25.8 Å². The van der Waals surface area contributed by atoms with E-state index in [0.717, 1.165) is 11.1 Å². The van der Waals surface area contributed by atoms with Gasteiger partial charge in [-0.3, -0.25) is 14.5 Å². The number of aliphatic hydroxyl groups excluding tert-OH is 1. The van der Waals surface area contributed by atoms with Crippen molar-refractivity contribution < 1.29 is 28.9 Å². The van der Waals surface area contributed by atoms with Crippen LogP contribution in [0.15, 0.2) is 66.2 Å². The van der Waals surface area contributed by atoms with Crippen molar-refractivity contribution in [3.8, 4) is 17.2 Å². The van der Waals surface area contributed by atoms with E-state index in [-0.39, 0.29) is 11.3 Å². The summed E-state index contributed by atoms with van der Waals surface area (Å²) in [4.78, 5) is 33.0. The van der Waals surface area contributed by atoms with Gasteiger partial charge in [0.2, 0.25) is 0 Å². The van der Waals surface area contributed by atoms with Crippen molar-refractivity contribution in [2.45, 2.75) is 19.4 Å². The lowest BCUT2D eigenvalue weighted by Gasteiger charge is -2.23. The summed E-state index contributed by atoms with van der Waals surface area (Å²) in [7, 11) is 3.02. The Hall–Kier alpha value is -4.08. The molecular weight excluding hydrogens is 540 g/mol. The van der Waals surface area contributed by atoms with Crippen molar-refractivity contribution in [3.63, 3.8) is 0 Å². The fourth-order valence-electron chi connectivity index (χ4n) is 4.47. The zero-order chi connectivity index (χ0) is 27.7. The molecule has 1 aliphatic heterocycles. The van der Waals surface area contributed by atoms with Crippen LogP contribution in [-0.4, -0.2) is 42.6 Å². The minimum absolute atomic E-state index is 0.0721. The van der Waals surface area contributed by atoms with E-state index < -0.39 is 17.7 Å². The summed E-state index contributed by atoms with van der Waals surface area (Å²) in [5.74, 6) is -0.521. The van der Waals surface area contributed by atoms with Crippen LogP contribution in [0.3, 0.4) is 0 Å². The molecule has 1 aromatic heterocycles. The third kappa shape index (κ3) is 4.91. The van der Waals surface area contributed by atoms with Crippen LogP contribution in [0.5, 0.6) is 17.2 Å². The lowest BCUT2D eigenvalue weighted by atomic mass is 9.95. The number of amides is 1. The van der Waals surface area contributed by atoms with Crippen LogP contribution < -0.4 is 19.1 Å². The third-order valence-electron chi connectivity index (χ3n) is 6.29. The van der Waals surface area contributed by atoms with E-state index in [1.54, 1.807) is 60.7 Å². The second-order valence-electron chi connectivity index (χ2n) is 8.77. The number of ether oxygens (including phenoxy) is 3. The molecule has 39 heavy (non-hydrogen) atoms. The molecule has 1 saturated heterocycles. The summed E-state index contributed by atoms with van der Waals surface area (Å²) >= 11 is 7.40. The first-order valence-corrected chi connectivity index (χ1v) is 13.4. The summed E-state index contributed by atoms with van der Waals surface area (Å²) in [5.41, 5.74) is 1.44. The van der Waals surface area contributed by atoms with Gasteiger partial charge in [-0.25, -0.2) is 4.98 Å². The molecule has 4 aromatic rings. The van der Waals surface area contributed by atoms with E-state index in [1.807, 2.05) is 6.92 Å². The second-order valence-corrected chi connectivity index (χ2v) is 10.2. The monoisotopic (exact) mass is 564 g/mol. The maximum absolute atomic E-state index is 13.6. The van der Waals surface area contributed by atoms with E-state index in [9.17, 15) is 14.7 Å². The number of methoxy groups -OCH3 is 2. The molecule has 1 atom stereocenters. The van der Waals surface area contributed by atoms with E-state index in [1.165, 1.54) is 30.5 Å². The summed E-state index contributed by atoms with van der Waals surface area (Å²) in [6, 6.07) is 16.1. The Balaban J connectivity index is 1.71. The number of hydrogen-bond donors (Lipinski definition) is 1. The van der Waals surface area contributed by atoms with Gasteiger partial charge >= 0.3 is 5.91 Å². The average molecular weight is 565 g/mol. The predicted molar refractivity (Wildman–Crippen MR) is 151 cm³/mol. The third-order valence-corrected chi connectivity index (χ3v) is 7.55. The minimum Gasteiger partial charge on any atom is -0.507 e. The van der Waals surface area contributed by atoms with Crippen molar-refractivity contribution in [2.24, 2.45) is 0 Å². The number of benzene rings is 3. The predicted octanol–water partition coefficient (Wildman–Crippen LogP) is 6.38. The molecule has 0 spiro atoms. The number of thiazole rings is 1. The molecule has 3 aromatic carbocycles. The highest BCUT2D eigenvalue weighted by atomic mass is 35.5. The van der Waals surface area contributed by atoms with Crippen LogP contribution in [0, 0.1) is 0 Å². The van der Waals surface area contributed by atoms with Crippen molar-refractivity contribution in [1.29, 1.82) is 0 Å². The van der Waals surface area contributed by atoms with Crippen LogP contribution in [0.1, 0.15) is 30.5 Å². The number of aliphatic hydroxyl groups is 1. The Labute approximate surface area is 234 Å². The normalized spacial score (nSPS) is 16.6. The van der Waals surface area contributed by atoms with Gasteiger partial charge in [-0.15, -0.1) is 0 Å². The molecular formula is C29H25ClN2O6S. The Morgan fingerprint density at radius 2 is 1.85 bits per heavy atom. The highest BCUT2D eigenvalue weighted by Crippen LogP contribution is 2.46. The molecule has 10 heteroatoms. The summed E-state index contributed by atoms with van der Waals surface area (Å²) in [6.07, 6.45) is 0.813. The topological polar surface area (TPSA) is 98.2 Å². The Morgan fingerprint density at radius 1 is 1.05 bits per heavy atom. The van der Waals surface area contributed by atoms with Crippen molar-refractivity contribution in [2.75, 3.05) is 25.7 Å². The Morgan fingerprint density at radius 3 is 2.59 bits per heavy atom. The molecule has 1 N–H and O–H groups in total. The SMILES string of the molecule is CCCOc1cccc(C(O)=C2C(=O)C(=O)N(c3nc4ccc(Cl)cc4s3)C2c2ccc(OC)c(OC)c2)c1. The number of rotatable bonds is 8. The molecule has 200 valence electrons. The summed E-state index contributed by atoms with van der Waals surface area (Å²) in [5, 5.41) is 12.3. The van der Waals surface area contributed by atoms with Gasteiger partial charge in [-0.2, -0.15) is 0 Å². The quantitative estimate of drug-likeness (QED) is 0.150. The highest BCUT2D eigenvalue weighted by Gasteiger charge is 2.48. The molecule has 1 amide bonds. The molecule has 1 aliphatic rings. The van der Waals surface area contributed by atoms with Gasteiger partial charge in [0.15, 0.2) is 16.6 Å². The molecule has 0 saturated carbocycles. The fraction of sp³-hybridized carbons (Fsp3) is 0.207. The van der Waals surface area contributed by atoms with Gasteiger partial charge in [0, 0.05) is 10.6 Å². The fourth-order valence-corrected chi connectivity index (χ4v) is 5.73. The van der Waals surface area contributed by atoms with Crippen molar-refractivity contribution in [3.05, 3.63) is 82.4 Å². The molecule has 0 bridgehead atoms. The minimum atomic E-state index is -0.985. The van der Waals surface area contributed by atoms with Crippen LogP contribution in [0.4, 0.5) is 5.13 Å². The van der Waals surface area contributed by atoms with Gasteiger partial charge in [-0.1, -0.05) is 48.1 Å². The van der Waals surface area contributed by atoms with Gasteiger partial charge in [-0.05, 0) is 54.4 Å². The summed E-state index contributed by atoms with van der Waals surface area (Å²) in [6.45, 7) is 2.49. The number of anilines is 1. The number of nitrogens with zero attached hydrogens (tertiary/aromatic N) is 2. The number of hydrogen-bond acceptors (Lipinski definition) is 8. The molecule has 1 unspecified atom stereocenters. The number of aromatic nitrogens is 1. The lowest BCUT2D eigenvalue weighted by Crippen LogP contribution is -2.29. The highest BCUT2D eigenvalue weighted by molar-refractivity contribution is 7.22. The van der Waals surface area contributed by atoms with Gasteiger partial charge in [0.1, 0.15) is 11.5 Å². The number of ketones is 1. The molecule has 1 fully saturated rings. The first-order chi connectivity index (χ1) is 18.9. The lowest BCUT2D eigenvalue weighted by molar-refractivity contribution is -0.132. The Bertz CT molecular complexity index is 1610. The van der Waals surface area contributed by atoms with Gasteiger partial charge in [0.25, 0.3) is 5.78 Å². The zero-order valence-corrected chi connectivity index (χ0v) is 23.0. The second kappa shape index (κ2) is 11.0. The van der Waals surface area contributed by atoms with E-state index in [2.05, 4.69) is 4.98 Å². The van der Waals surface area contributed by atoms with Crippen LogP contribution in [0.2, 0.25) is 5.02 Å². The standard InChI is InChI=1S/C29H25ClN2O6S/c1-4-12-38-19-7-5-6-17(13-19)26(33)24-25(16-8-11-21(36-2)22(14-16)37-3)32(28(35)27(24)34)29-31-20-10-9-18(30)15-23(20)39-29/h5-11,13-15,25,33H,4,12H2,1-3H3. The van der Waals surface area contributed by atoms with Crippen molar-refractivity contribution in [1.82, 2.24) is 4.98 Å². The summed E-state index contributed by atoms with van der Waals surface area (Å²) < 4.78 is 17.3. The maximum atomic E-state index is 13.6. The number of carbonyl (C=O) groups excluding carboxylic acids is 2. The number of Topliss-reactive ketones (excluding diaryl/α,β-unsaturated/α-hetero) is 1. The number of fused-ring (bicyclic) bond motifs is 1. The van der Waals surface area contributed by atoms with E-state index in [0.29, 0.717) is 50.7 Å². The number of halogens is 1. The smallest absolute Gasteiger partial charge is 0.301 e. The maximum Gasteiger partial charge on any atom is 0.301 e. The number of carbonyl (C=O) groups is 2. The first-order valence-electron chi connectivity index (χ1n) is 12.2. The van der Waals surface area contributed by atoms with Gasteiger partial charge < -0.3 is 19.3 Å². The molecule has 8 nitrogen and oxygen atoms in total. The average Bonchev–Trinajstić information content (AvgIpc) is 3.48. The first kappa shape index (κ1) is 26.5. The molecule has 2 heterocycles. The largest absolute Gasteiger partial charge is 0.507 e. The zero-order valence-electron chi connectivity index (χ0n) is 21.4. The van der Waals surface area contributed by atoms with Crippen LogP contribution in [0.25, 0.3) is 16.0 Å². The van der Waals surface area contributed by atoms with Crippen LogP contribution in [-0.2, 0) is 9.59 Å². The van der Waals surface area contributed by atoms with Crippen molar-refractivity contribution >= 4 is 55.7 Å². The van der Waals surface area contributed by atoms with Crippen LogP contribution >= 0.6 is 22.9 Å². The molecule has 5 rings (SSSR count). The van der Waals surface area contributed by atoms with Gasteiger partial charge in [0.05, 0.1) is 42.7 Å². The van der Waals surface area contributed by atoms with E-state index >= 15 is 0 Å². The Kier molecular flexibility index (Phi) is 7.45.